The normalized spacial score (nSPS) is 11.1. The third-order valence-electron chi connectivity index (χ3n) is 5.82. The molecule has 0 spiro atoms. The van der Waals surface area contributed by atoms with E-state index in [2.05, 4.69) is 44.2 Å². The molecule has 0 unspecified atom stereocenters. The maximum Gasteiger partial charge on any atom is 0.328 e. The molecular formula is C27H26N6O2. The lowest BCUT2D eigenvalue weighted by molar-refractivity contribution is 0.481. The molecule has 5 rings (SSSR count). The number of H-pyrrole nitrogens is 1. The second kappa shape index (κ2) is 9.80. The average Bonchev–Trinajstić information content (AvgIpc) is 3.16. The number of fused-ring (bicyclic) bond motifs is 1. The Hall–Kier alpha value is -4.46. The number of nitrogen functional groups attached to an aromatic ring is 1. The van der Waals surface area contributed by atoms with Gasteiger partial charge in [-0.2, -0.15) is 0 Å². The highest BCUT2D eigenvalue weighted by Gasteiger charge is 2.13. The van der Waals surface area contributed by atoms with Crippen LogP contribution in [-0.2, 0) is 19.4 Å². The van der Waals surface area contributed by atoms with Crippen molar-refractivity contribution in [2.45, 2.75) is 32.7 Å². The molecule has 0 fully saturated rings. The highest BCUT2D eigenvalue weighted by atomic mass is 16.5. The number of hydrogen-bond donors (Lipinski definition) is 2. The van der Waals surface area contributed by atoms with E-state index in [1.165, 1.54) is 11.1 Å². The molecule has 0 saturated carbocycles. The number of nitrogens with zero attached hydrogens (tertiary/aromatic N) is 4. The molecule has 0 aliphatic carbocycles. The van der Waals surface area contributed by atoms with Gasteiger partial charge in [0.2, 0.25) is 0 Å². The average molecular weight is 467 g/mol. The van der Waals surface area contributed by atoms with Gasteiger partial charge in [0, 0.05) is 12.4 Å². The monoisotopic (exact) mass is 466 g/mol. The number of aryl methyl sites for hydroxylation is 3. The van der Waals surface area contributed by atoms with Gasteiger partial charge in [-0.1, -0.05) is 24.3 Å². The number of nitrogens with two attached hydrogens (primary N) is 1. The summed E-state index contributed by atoms with van der Waals surface area (Å²) in [6.07, 6.45) is 6.69. The van der Waals surface area contributed by atoms with E-state index in [9.17, 15) is 4.79 Å². The summed E-state index contributed by atoms with van der Waals surface area (Å²) in [5, 5.41) is 0. The molecule has 5 aromatic rings. The van der Waals surface area contributed by atoms with Crippen LogP contribution in [0.4, 0.5) is 5.82 Å². The third kappa shape index (κ3) is 5.22. The van der Waals surface area contributed by atoms with Crippen LogP contribution in [0.2, 0.25) is 0 Å². The van der Waals surface area contributed by atoms with Gasteiger partial charge in [0.15, 0.2) is 11.5 Å². The summed E-state index contributed by atoms with van der Waals surface area (Å²) in [6, 6.07) is 20.0. The molecule has 8 heteroatoms. The fourth-order valence-corrected chi connectivity index (χ4v) is 4.15. The number of imidazole rings is 1. The first kappa shape index (κ1) is 22.3. The molecule has 3 aromatic heterocycles. The smallest absolute Gasteiger partial charge is 0.328 e. The molecule has 0 aliphatic rings. The lowest BCUT2D eigenvalue weighted by Gasteiger charge is -2.10. The number of anilines is 1. The summed E-state index contributed by atoms with van der Waals surface area (Å²) in [6.45, 7) is 2.08. The molecule has 0 aliphatic heterocycles. The molecule has 3 N–H and O–H groups in total. The van der Waals surface area contributed by atoms with Crippen molar-refractivity contribution in [3.63, 3.8) is 0 Å². The van der Waals surface area contributed by atoms with E-state index < -0.39 is 0 Å². The lowest BCUT2D eigenvalue weighted by atomic mass is 10.0. The molecule has 0 saturated heterocycles. The van der Waals surface area contributed by atoms with E-state index in [4.69, 9.17) is 10.5 Å². The zero-order valence-electron chi connectivity index (χ0n) is 19.4. The van der Waals surface area contributed by atoms with Crippen LogP contribution in [0.5, 0.6) is 11.5 Å². The highest BCUT2D eigenvalue weighted by molar-refractivity contribution is 5.81. The van der Waals surface area contributed by atoms with E-state index in [-0.39, 0.29) is 11.5 Å². The standard InChI is InChI=1S/C27H26N6O2/c1-18-30-25(28)24-26(31-18)33(27(34)32-24)17-21-8-4-10-23(16-21)35-22-9-3-7-20(15-22)6-2-5-19-11-13-29-14-12-19/h3-4,7-16H,2,5-6,17H2,1H3,(H,32,34)(H2,28,30,31). The fraction of sp³-hybridized carbons (Fsp3) is 0.185. The molecular weight excluding hydrogens is 440 g/mol. The van der Waals surface area contributed by atoms with Gasteiger partial charge in [-0.15, -0.1) is 0 Å². The van der Waals surface area contributed by atoms with Crippen molar-refractivity contribution in [2.75, 3.05) is 5.73 Å². The van der Waals surface area contributed by atoms with Gasteiger partial charge in [-0.25, -0.2) is 14.8 Å². The number of pyridine rings is 1. The molecule has 0 amide bonds. The van der Waals surface area contributed by atoms with Crippen molar-refractivity contribution in [1.82, 2.24) is 24.5 Å². The number of hydrogen-bond acceptors (Lipinski definition) is 6. The van der Waals surface area contributed by atoms with Crippen LogP contribution in [-0.4, -0.2) is 24.5 Å². The minimum absolute atomic E-state index is 0.265. The zero-order valence-corrected chi connectivity index (χ0v) is 19.4. The number of ether oxygens (including phenoxy) is 1. The fourth-order valence-electron chi connectivity index (χ4n) is 4.15. The van der Waals surface area contributed by atoms with Crippen molar-refractivity contribution in [1.29, 1.82) is 0 Å². The summed E-state index contributed by atoms with van der Waals surface area (Å²) in [7, 11) is 0. The van der Waals surface area contributed by atoms with Gasteiger partial charge in [-0.3, -0.25) is 9.55 Å². The quantitative estimate of drug-likeness (QED) is 0.350. The molecule has 0 atom stereocenters. The molecule has 8 nitrogen and oxygen atoms in total. The van der Waals surface area contributed by atoms with Crippen LogP contribution in [0.3, 0.4) is 0 Å². The molecule has 2 aromatic carbocycles. The van der Waals surface area contributed by atoms with Crippen molar-refractivity contribution in [3.05, 3.63) is 106 Å². The van der Waals surface area contributed by atoms with Gasteiger partial charge in [0.1, 0.15) is 22.8 Å². The van der Waals surface area contributed by atoms with E-state index >= 15 is 0 Å². The lowest BCUT2D eigenvalue weighted by Crippen LogP contribution is -2.17. The Morgan fingerprint density at radius 2 is 1.60 bits per heavy atom. The van der Waals surface area contributed by atoms with Crippen molar-refractivity contribution in [2.24, 2.45) is 0 Å². The maximum absolute atomic E-state index is 12.5. The Labute approximate surface area is 202 Å². The summed E-state index contributed by atoms with van der Waals surface area (Å²) in [4.78, 5) is 27.9. The van der Waals surface area contributed by atoms with Crippen LogP contribution in [0.1, 0.15) is 28.9 Å². The first-order valence-corrected chi connectivity index (χ1v) is 11.5. The third-order valence-corrected chi connectivity index (χ3v) is 5.82. The second-order valence-corrected chi connectivity index (χ2v) is 8.48. The largest absolute Gasteiger partial charge is 0.457 e. The maximum atomic E-state index is 12.5. The van der Waals surface area contributed by atoms with Crippen molar-refractivity contribution in [3.8, 4) is 11.5 Å². The van der Waals surface area contributed by atoms with Gasteiger partial charge in [0.05, 0.1) is 6.54 Å². The summed E-state index contributed by atoms with van der Waals surface area (Å²) < 4.78 is 7.71. The van der Waals surface area contributed by atoms with Crippen molar-refractivity contribution >= 4 is 17.0 Å². The zero-order chi connectivity index (χ0) is 24.2. The van der Waals surface area contributed by atoms with Gasteiger partial charge < -0.3 is 15.5 Å². The number of aromatic amines is 1. The van der Waals surface area contributed by atoms with Gasteiger partial charge >= 0.3 is 5.69 Å². The Kier molecular flexibility index (Phi) is 6.26. The van der Waals surface area contributed by atoms with Gasteiger partial charge in [0.25, 0.3) is 0 Å². The highest BCUT2D eigenvalue weighted by Crippen LogP contribution is 2.25. The Morgan fingerprint density at radius 1 is 0.914 bits per heavy atom. The number of benzene rings is 2. The number of rotatable bonds is 8. The van der Waals surface area contributed by atoms with Crippen LogP contribution in [0.15, 0.2) is 77.9 Å². The molecule has 176 valence electrons. The van der Waals surface area contributed by atoms with Crippen LogP contribution in [0.25, 0.3) is 11.2 Å². The summed E-state index contributed by atoms with van der Waals surface area (Å²) in [5.74, 6) is 2.26. The molecule has 0 bridgehead atoms. The summed E-state index contributed by atoms with van der Waals surface area (Å²) >= 11 is 0. The summed E-state index contributed by atoms with van der Waals surface area (Å²) in [5.41, 5.74) is 10.1. The first-order valence-electron chi connectivity index (χ1n) is 11.5. The first-order chi connectivity index (χ1) is 17.0. The molecule has 35 heavy (non-hydrogen) atoms. The molecule has 3 heterocycles. The van der Waals surface area contributed by atoms with Crippen LogP contribution in [0, 0.1) is 6.92 Å². The topological polar surface area (TPSA) is 112 Å². The van der Waals surface area contributed by atoms with Crippen molar-refractivity contribution < 1.29 is 4.74 Å². The predicted octanol–water partition coefficient (Wildman–Crippen LogP) is 4.42. The van der Waals surface area contributed by atoms with Crippen LogP contribution < -0.4 is 16.2 Å². The van der Waals surface area contributed by atoms with E-state index in [0.717, 1.165) is 30.6 Å². The number of aromatic nitrogens is 5. The Morgan fingerprint density at radius 3 is 2.37 bits per heavy atom. The van der Waals surface area contributed by atoms with E-state index in [1.54, 1.807) is 11.5 Å². The minimum Gasteiger partial charge on any atom is -0.457 e. The Balaban J connectivity index is 1.29. The van der Waals surface area contributed by atoms with Crippen LogP contribution >= 0.6 is 0 Å². The van der Waals surface area contributed by atoms with E-state index in [0.29, 0.717) is 29.3 Å². The van der Waals surface area contributed by atoms with E-state index in [1.807, 2.05) is 48.8 Å². The molecule has 0 radical (unpaired) electrons. The second-order valence-electron chi connectivity index (χ2n) is 8.48. The SMILES string of the molecule is Cc1nc(N)c2[nH]c(=O)n(Cc3cccc(Oc4cccc(CCCc5ccncc5)c4)c3)c2n1. The van der Waals surface area contributed by atoms with Gasteiger partial charge in [-0.05, 0) is 79.3 Å². The minimum atomic E-state index is -0.280. The number of nitrogens with one attached hydrogen (secondary N) is 1. The Bertz CT molecular complexity index is 1520. The predicted molar refractivity (Wildman–Crippen MR) is 136 cm³/mol.